The normalized spacial score (nSPS) is 9.50. The van der Waals surface area contributed by atoms with Gasteiger partial charge in [0.05, 0.1) is 0 Å². The van der Waals surface area contributed by atoms with Gasteiger partial charge in [0.1, 0.15) is 5.82 Å². The van der Waals surface area contributed by atoms with E-state index in [1.54, 1.807) is 0 Å². The molecule has 0 unspecified atom stereocenters. The summed E-state index contributed by atoms with van der Waals surface area (Å²) in [5.41, 5.74) is 1.23. The number of H-pyrrole nitrogens is 1. The second kappa shape index (κ2) is 5.81. The Hall–Kier alpha value is -0.790. The molecule has 0 saturated carbocycles. The zero-order valence-electron chi connectivity index (χ0n) is 8.81. The first-order valence-electron chi connectivity index (χ1n) is 4.77. The molecule has 70 valence electrons. The molecule has 0 saturated heterocycles. The summed E-state index contributed by atoms with van der Waals surface area (Å²) in [6.07, 6.45) is 2.91. The number of nitrogens with zero attached hydrogens (tertiary/aromatic N) is 1. The van der Waals surface area contributed by atoms with E-state index in [1.165, 1.54) is 5.69 Å². The van der Waals surface area contributed by atoms with Crippen molar-refractivity contribution in [2.45, 2.75) is 47.0 Å². The molecule has 0 radical (unpaired) electrons. The minimum Gasteiger partial charge on any atom is -0.346 e. The van der Waals surface area contributed by atoms with Gasteiger partial charge in [0.15, 0.2) is 0 Å². The van der Waals surface area contributed by atoms with Crippen LogP contribution in [0.3, 0.4) is 0 Å². The average Bonchev–Trinajstić information content (AvgIpc) is 2.55. The monoisotopic (exact) mass is 168 g/mol. The van der Waals surface area contributed by atoms with Crippen molar-refractivity contribution < 1.29 is 0 Å². The fourth-order valence-electron chi connectivity index (χ4n) is 0.852. The van der Waals surface area contributed by atoms with Gasteiger partial charge >= 0.3 is 0 Å². The molecular weight excluding hydrogens is 148 g/mol. The molecule has 1 heterocycles. The van der Waals surface area contributed by atoms with E-state index < -0.39 is 0 Å². The molecule has 0 aliphatic carbocycles. The Morgan fingerprint density at radius 1 is 1.42 bits per heavy atom. The van der Waals surface area contributed by atoms with Crippen LogP contribution >= 0.6 is 0 Å². The molecule has 1 N–H and O–H groups in total. The fraction of sp³-hybridized carbons (Fsp3) is 0.700. The summed E-state index contributed by atoms with van der Waals surface area (Å²) in [5.74, 6) is 1.65. The molecule has 0 aliphatic rings. The number of hydrogen-bond acceptors (Lipinski definition) is 1. The molecule has 0 fully saturated rings. The smallest absolute Gasteiger partial charge is 0.105 e. The number of aryl methyl sites for hydroxylation is 1. The van der Waals surface area contributed by atoms with Crippen LogP contribution in [0.4, 0.5) is 0 Å². The number of imidazole rings is 1. The van der Waals surface area contributed by atoms with Crippen molar-refractivity contribution >= 4 is 0 Å². The van der Waals surface area contributed by atoms with E-state index in [0.717, 1.165) is 12.2 Å². The predicted octanol–water partition coefficient (Wildman–Crippen LogP) is 3.12. The Morgan fingerprint density at radius 3 is 2.25 bits per heavy atom. The second-order valence-corrected chi connectivity index (χ2v) is 2.79. The quantitative estimate of drug-likeness (QED) is 0.722. The Kier molecular flexibility index (Phi) is 5.43. The Morgan fingerprint density at radius 2 is 2.00 bits per heavy atom. The standard InChI is InChI=1S/C8H14N2.C2H6/c1-4-8-9-5-7(10-8)6(2)3;1-2/h5-6H,4H2,1-3H3,(H,9,10);1-2H3. The molecule has 0 bridgehead atoms. The molecule has 0 atom stereocenters. The van der Waals surface area contributed by atoms with E-state index in [0.29, 0.717) is 5.92 Å². The van der Waals surface area contributed by atoms with Crippen molar-refractivity contribution in [1.29, 1.82) is 0 Å². The molecule has 2 nitrogen and oxygen atoms in total. The highest BCUT2D eigenvalue weighted by molar-refractivity contribution is 5.05. The topological polar surface area (TPSA) is 28.7 Å². The van der Waals surface area contributed by atoms with E-state index >= 15 is 0 Å². The minimum absolute atomic E-state index is 0.563. The van der Waals surface area contributed by atoms with Crippen molar-refractivity contribution in [2.75, 3.05) is 0 Å². The van der Waals surface area contributed by atoms with Gasteiger partial charge in [-0.3, -0.25) is 0 Å². The molecule has 0 spiro atoms. The Bertz CT molecular complexity index is 201. The third-order valence-electron chi connectivity index (χ3n) is 1.60. The van der Waals surface area contributed by atoms with Gasteiger partial charge in [-0.15, -0.1) is 0 Å². The summed E-state index contributed by atoms with van der Waals surface area (Å²) in [7, 11) is 0. The van der Waals surface area contributed by atoms with Crippen LogP contribution < -0.4 is 0 Å². The highest BCUT2D eigenvalue weighted by Gasteiger charge is 2.01. The van der Waals surface area contributed by atoms with Gasteiger partial charge < -0.3 is 4.98 Å². The highest BCUT2D eigenvalue weighted by Crippen LogP contribution is 2.10. The van der Waals surface area contributed by atoms with Crippen LogP contribution in [0.2, 0.25) is 0 Å². The number of nitrogens with one attached hydrogen (secondary N) is 1. The molecule has 0 amide bonds. The lowest BCUT2D eigenvalue weighted by atomic mass is 10.2. The number of hydrogen-bond donors (Lipinski definition) is 1. The van der Waals surface area contributed by atoms with E-state index in [1.807, 2.05) is 20.0 Å². The lowest BCUT2D eigenvalue weighted by molar-refractivity contribution is 0.823. The van der Waals surface area contributed by atoms with Crippen LogP contribution in [0.5, 0.6) is 0 Å². The van der Waals surface area contributed by atoms with Crippen molar-refractivity contribution in [3.8, 4) is 0 Å². The molecule has 12 heavy (non-hydrogen) atoms. The third kappa shape index (κ3) is 3.07. The van der Waals surface area contributed by atoms with Gasteiger partial charge in [0, 0.05) is 18.3 Å². The van der Waals surface area contributed by atoms with Gasteiger partial charge in [-0.1, -0.05) is 34.6 Å². The van der Waals surface area contributed by atoms with Crippen molar-refractivity contribution in [1.82, 2.24) is 9.97 Å². The van der Waals surface area contributed by atoms with Crippen LogP contribution in [0.15, 0.2) is 6.20 Å². The maximum atomic E-state index is 4.20. The summed E-state index contributed by atoms with van der Waals surface area (Å²) in [4.78, 5) is 7.45. The highest BCUT2D eigenvalue weighted by atomic mass is 14.9. The summed E-state index contributed by atoms with van der Waals surface area (Å²) in [6, 6.07) is 0. The van der Waals surface area contributed by atoms with E-state index in [9.17, 15) is 0 Å². The van der Waals surface area contributed by atoms with Crippen molar-refractivity contribution in [2.24, 2.45) is 0 Å². The van der Waals surface area contributed by atoms with Gasteiger partial charge in [-0.2, -0.15) is 0 Å². The van der Waals surface area contributed by atoms with E-state index in [2.05, 4.69) is 30.7 Å². The first kappa shape index (κ1) is 11.2. The summed E-state index contributed by atoms with van der Waals surface area (Å²) >= 11 is 0. The molecule has 2 heteroatoms. The van der Waals surface area contributed by atoms with Gasteiger partial charge in [-0.05, 0) is 5.92 Å². The third-order valence-corrected chi connectivity index (χ3v) is 1.60. The molecule has 0 aromatic carbocycles. The maximum Gasteiger partial charge on any atom is 0.105 e. The van der Waals surface area contributed by atoms with Crippen LogP contribution in [-0.4, -0.2) is 9.97 Å². The molecule has 0 aliphatic heterocycles. The van der Waals surface area contributed by atoms with Gasteiger partial charge in [0.25, 0.3) is 0 Å². The lowest BCUT2D eigenvalue weighted by Gasteiger charge is -1.97. The van der Waals surface area contributed by atoms with Crippen LogP contribution in [0, 0.1) is 0 Å². The van der Waals surface area contributed by atoms with Gasteiger partial charge in [-0.25, -0.2) is 4.98 Å². The average molecular weight is 168 g/mol. The van der Waals surface area contributed by atoms with E-state index in [-0.39, 0.29) is 0 Å². The van der Waals surface area contributed by atoms with Crippen molar-refractivity contribution in [3.05, 3.63) is 17.7 Å². The summed E-state index contributed by atoms with van der Waals surface area (Å²) in [5, 5.41) is 0. The van der Waals surface area contributed by atoms with Gasteiger partial charge in [0.2, 0.25) is 0 Å². The zero-order chi connectivity index (χ0) is 9.56. The predicted molar refractivity (Wildman–Crippen MR) is 53.4 cm³/mol. The number of aromatic nitrogens is 2. The lowest BCUT2D eigenvalue weighted by Crippen LogP contribution is -1.87. The van der Waals surface area contributed by atoms with Crippen LogP contribution in [0.1, 0.15) is 52.1 Å². The first-order chi connectivity index (χ1) is 5.74. The first-order valence-corrected chi connectivity index (χ1v) is 4.77. The SMILES string of the molecule is CC.CCc1ncc(C(C)C)[nH]1. The summed E-state index contributed by atoms with van der Waals surface area (Å²) in [6.45, 7) is 10.4. The fourth-order valence-corrected chi connectivity index (χ4v) is 0.852. The Balaban J connectivity index is 0.000000561. The molecular formula is C10H20N2. The molecule has 1 aromatic rings. The maximum absolute atomic E-state index is 4.20. The number of rotatable bonds is 2. The van der Waals surface area contributed by atoms with Crippen LogP contribution in [0.25, 0.3) is 0 Å². The molecule has 1 aromatic heterocycles. The summed E-state index contributed by atoms with van der Waals surface area (Å²) < 4.78 is 0. The zero-order valence-corrected chi connectivity index (χ0v) is 8.81. The largest absolute Gasteiger partial charge is 0.346 e. The van der Waals surface area contributed by atoms with Crippen molar-refractivity contribution in [3.63, 3.8) is 0 Å². The minimum atomic E-state index is 0.563. The second-order valence-electron chi connectivity index (χ2n) is 2.79. The number of aromatic amines is 1. The molecule has 1 rings (SSSR count). The van der Waals surface area contributed by atoms with E-state index in [4.69, 9.17) is 0 Å². The Labute approximate surface area is 75.4 Å². The van der Waals surface area contributed by atoms with Crippen LogP contribution in [-0.2, 0) is 6.42 Å².